The number of hydrogen-bond acceptors (Lipinski definition) is 3. The van der Waals surface area contributed by atoms with Crippen LogP contribution in [0.2, 0.25) is 0 Å². The molecule has 0 unspecified atom stereocenters. The summed E-state index contributed by atoms with van der Waals surface area (Å²) in [6.07, 6.45) is 0.705. The first-order valence-corrected chi connectivity index (χ1v) is 6.74. The number of nitrogens with two attached hydrogens (primary N) is 1. The molecule has 0 aliphatic heterocycles. The molecule has 1 atom stereocenters. The van der Waals surface area contributed by atoms with Gasteiger partial charge in [0.15, 0.2) is 0 Å². The van der Waals surface area contributed by atoms with E-state index in [4.69, 9.17) is 10.5 Å². The lowest BCUT2D eigenvalue weighted by molar-refractivity contribution is -0.122. The Morgan fingerprint density at radius 3 is 2.63 bits per heavy atom. The molecule has 0 spiro atoms. The first kappa shape index (κ1) is 15.7. The lowest BCUT2D eigenvalue weighted by atomic mass is 10.0. The predicted molar refractivity (Wildman–Crippen MR) is 76.5 cm³/mol. The maximum Gasteiger partial charge on any atom is 0.237 e. The summed E-state index contributed by atoms with van der Waals surface area (Å²) in [6.45, 7) is 5.66. The Morgan fingerprint density at radius 1 is 1.32 bits per heavy atom. The standard InChI is InChI=1S/C15H24N2O2/c1-12(2)10-14(16)15(18)17-8-9-19-11-13-6-4-3-5-7-13/h3-7,12,14H,8-11,16H2,1-2H3,(H,17,18)/t14-/m0/s1. The van der Waals surface area contributed by atoms with Gasteiger partial charge < -0.3 is 15.8 Å². The molecule has 0 radical (unpaired) electrons. The van der Waals surface area contributed by atoms with Crippen LogP contribution in [-0.2, 0) is 16.1 Å². The van der Waals surface area contributed by atoms with E-state index >= 15 is 0 Å². The van der Waals surface area contributed by atoms with Crippen LogP contribution in [0.3, 0.4) is 0 Å². The summed E-state index contributed by atoms with van der Waals surface area (Å²) in [4.78, 5) is 11.6. The molecule has 1 rings (SSSR count). The van der Waals surface area contributed by atoms with Crippen molar-refractivity contribution in [1.82, 2.24) is 5.32 Å². The minimum absolute atomic E-state index is 0.1000. The van der Waals surface area contributed by atoms with Gasteiger partial charge in [-0.2, -0.15) is 0 Å². The molecule has 0 fully saturated rings. The van der Waals surface area contributed by atoms with Gasteiger partial charge >= 0.3 is 0 Å². The van der Waals surface area contributed by atoms with E-state index < -0.39 is 6.04 Å². The van der Waals surface area contributed by atoms with Crippen molar-refractivity contribution in [3.05, 3.63) is 35.9 Å². The van der Waals surface area contributed by atoms with Crippen LogP contribution >= 0.6 is 0 Å². The van der Waals surface area contributed by atoms with E-state index in [1.807, 2.05) is 30.3 Å². The van der Waals surface area contributed by atoms with E-state index in [1.54, 1.807) is 0 Å². The Morgan fingerprint density at radius 2 is 2.00 bits per heavy atom. The number of carbonyl (C=O) groups excluding carboxylic acids is 1. The van der Waals surface area contributed by atoms with Crippen molar-refractivity contribution in [3.63, 3.8) is 0 Å². The van der Waals surface area contributed by atoms with E-state index in [0.717, 1.165) is 5.56 Å². The maximum atomic E-state index is 11.6. The third-order valence-electron chi connectivity index (χ3n) is 2.72. The summed E-state index contributed by atoms with van der Waals surface area (Å²) in [6, 6.07) is 9.53. The second kappa shape index (κ2) is 8.67. The molecule has 0 aliphatic carbocycles. The topological polar surface area (TPSA) is 64.4 Å². The lowest BCUT2D eigenvalue weighted by Crippen LogP contribution is -2.42. The monoisotopic (exact) mass is 264 g/mol. The van der Waals surface area contributed by atoms with Crippen LogP contribution in [0.15, 0.2) is 30.3 Å². The Hall–Kier alpha value is -1.39. The molecule has 0 saturated heterocycles. The fourth-order valence-electron chi connectivity index (χ4n) is 1.76. The number of amides is 1. The molecule has 3 N–H and O–H groups in total. The molecule has 4 heteroatoms. The number of rotatable bonds is 8. The predicted octanol–water partition coefficient (Wildman–Crippen LogP) is 1.69. The van der Waals surface area contributed by atoms with Crippen molar-refractivity contribution < 1.29 is 9.53 Å². The molecule has 1 aromatic carbocycles. The summed E-state index contributed by atoms with van der Waals surface area (Å²) in [7, 11) is 0. The van der Waals surface area contributed by atoms with Crippen molar-refractivity contribution in [2.45, 2.75) is 32.9 Å². The van der Waals surface area contributed by atoms with Gasteiger partial charge in [-0.25, -0.2) is 0 Å². The highest BCUT2D eigenvalue weighted by atomic mass is 16.5. The molecule has 0 heterocycles. The van der Waals surface area contributed by atoms with Crippen molar-refractivity contribution in [2.75, 3.05) is 13.2 Å². The highest BCUT2D eigenvalue weighted by Gasteiger charge is 2.13. The fraction of sp³-hybridized carbons (Fsp3) is 0.533. The summed E-state index contributed by atoms with van der Waals surface area (Å²) in [5, 5.41) is 2.79. The average Bonchev–Trinajstić information content (AvgIpc) is 2.38. The molecular formula is C15H24N2O2. The van der Waals surface area contributed by atoms with Crippen LogP contribution in [0.1, 0.15) is 25.8 Å². The smallest absolute Gasteiger partial charge is 0.237 e. The third-order valence-corrected chi connectivity index (χ3v) is 2.72. The number of carbonyl (C=O) groups is 1. The summed E-state index contributed by atoms with van der Waals surface area (Å²) >= 11 is 0. The molecule has 0 aliphatic rings. The van der Waals surface area contributed by atoms with E-state index in [0.29, 0.717) is 32.1 Å². The Kier molecular flexibility index (Phi) is 7.15. The average molecular weight is 264 g/mol. The zero-order chi connectivity index (χ0) is 14.1. The molecule has 4 nitrogen and oxygen atoms in total. The Balaban J connectivity index is 2.09. The summed E-state index contributed by atoms with van der Waals surface area (Å²) < 4.78 is 5.48. The second-order valence-corrected chi connectivity index (χ2v) is 5.07. The molecule has 1 amide bonds. The van der Waals surface area contributed by atoms with E-state index in [9.17, 15) is 4.79 Å². The quantitative estimate of drug-likeness (QED) is 0.702. The van der Waals surface area contributed by atoms with Crippen LogP contribution in [0, 0.1) is 5.92 Å². The zero-order valence-corrected chi connectivity index (χ0v) is 11.8. The van der Waals surface area contributed by atoms with Crippen LogP contribution in [0.4, 0.5) is 0 Å². The Labute approximate surface area is 115 Å². The zero-order valence-electron chi connectivity index (χ0n) is 11.8. The number of ether oxygens (including phenoxy) is 1. The normalized spacial score (nSPS) is 12.4. The minimum Gasteiger partial charge on any atom is -0.375 e. The van der Waals surface area contributed by atoms with Crippen LogP contribution in [0.25, 0.3) is 0 Å². The molecule has 0 saturated carbocycles. The van der Waals surface area contributed by atoms with Gasteiger partial charge in [-0.1, -0.05) is 44.2 Å². The van der Waals surface area contributed by atoms with Gasteiger partial charge in [0.1, 0.15) is 0 Å². The molecular weight excluding hydrogens is 240 g/mol. The number of nitrogens with one attached hydrogen (secondary N) is 1. The molecule has 0 bridgehead atoms. The van der Waals surface area contributed by atoms with Crippen LogP contribution in [0.5, 0.6) is 0 Å². The van der Waals surface area contributed by atoms with Gasteiger partial charge in [-0.05, 0) is 17.9 Å². The second-order valence-electron chi connectivity index (χ2n) is 5.07. The number of hydrogen-bond donors (Lipinski definition) is 2. The SMILES string of the molecule is CC(C)C[C@H](N)C(=O)NCCOCc1ccccc1. The highest BCUT2D eigenvalue weighted by molar-refractivity contribution is 5.81. The first-order chi connectivity index (χ1) is 9.09. The van der Waals surface area contributed by atoms with Gasteiger partial charge in [0.25, 0.3) is 0 Å². The molecule has 0 aromatic heterocycles. The van der Waals surface area contributed by atoms with Gasteiger partial charge in [-0.3, -0.25) is 4.79 Å². The van der Waals surface area contributed by atoms with Crippen molar-refractivity contribution in [2.24, 2.45) is 11.7 Å². The summed E-state index contributed by atoms with van der Waals surface area (Å²) in [5.74, 6) is 0.326. The van der Waals surface area contributed by atoms with Gasteiger partial charge in [0.2, 0.25) is 5.91 Å². The van der Waals surface area contributed by atoms with Crippen LogP contribution < -0.4 is 11.1 Å². The van der Waals surface area contributed by atoms with E-state index in [2.05, 4.69) is 19.2 Å². The van der Waals surface area contributed by atoms with Crippen molar-refractivity contribution in [1.29, 1.82) is 0 Å². The molecule has 19 heavy (non-hydrogen) atoms. The Bertz CT molecular complexity index is 366. The van der Waals surface area contributed by atoms with Gasteiger partial charge in [-0.15, -0.1) is 0 Å². The first-order valence-electron chi connectivity index (χ1n) is 6.74. The van der Waals surface area contributed by atoms with Crippen molar-refractivity contribution in [3.8, 4) is 0 Å². The fourth-order valence-corrected chi connectivity index (χ4v) is 1.76. The molecule has 106 valence electrons. The molecule has 1 aromatic rings. The number of benzene rings is 1. The minimum atomic E-state index is -0.422. The third kappa shape index (κ3) is 6.94. The summed E-state index contributed by atoms with van der Waals surface area (Å²) in [5.41, 5.74) is 6.90. The lowest BCUT2D eigenvalue weighted by Gasteiger charge is -2.14. The van der Waals surface area contributed by atoms with Crippen LogP contribution in [-0.4, -0.2) is 25.1 Å². The van der Waals surface area contributed by atoms with Gasteiger partial charge in [0.05, 0.1) is 19.3 Å². The van der Waals surface area contributed by atoms with E-state index in [1.165, 1.54) is 0 Å². The largest absolute Gasteiger partial charge is 0.375 e. The van der Waals surface area contributed by atoms with Crippen molar-refractivity contribution >= 4 is 5.91 Å². The maximum absolute atomic E-state index is 11.6. The van der Waals surface area contributed by atoms with E-state index in [-0.39, 0.29) is 5.91 Å². The highest BCUT2D eigenvalue weighted by Crippen LogP contribution is 2.02. The van der Waals surface area contributed by atoms with Gasteiger partial charge in [0, 0.05) is 6.54 Å².